The average Bonchev–Trinajstić information content (AvgIpc) is 2.85. The standard InChI is InChI=1S/C28H25ClN4O4/c1-28(2,3)37-27(35)25(33-31)20-8-13-24(21(16-20)17-30)36-23-11-6-19(7-12-23)26(34)32-15-14-18-4-9-22(29)10-5-18/h4-13,16H,14-15H2,1-3H3,(H,32,34). The molecule has 0 radical (unpaired) electrons. The van der Waals surface area contributed by atoms with Gasteiger partial charge in [0.1, 0.15) is 23.2 Å². The quantitative estimate of drug-likeness (QED) is 0.187. The van der Waals surface area contributed by atoms with Crippen molar-refractivity contribution in [1.29, 1.82) is 5.26 Å². The smallest absolute Gasteiger partial charge is 0.422 e. The maximum absolute atomic E-state index is 12.4. The molecule has 1 N–H and O–H groups in total. The van der Waals surface area contributed by atoms with Crippen LogP contribution in [0.2, 0.25) is 5.02 Å². The van der Waals surface area contributed by atoms with E-state index in [9.17, 15) is 20.4 Å². The van der Waals surface area contributed by atoms with Crippen molar-refractivity contribution in [2.75, 3.05) is 6.54 Å². The normalized spacial score (nSPS) is 10.6. The first-order valence-corrected chi connectivity index (χ1v) is 11.8. The van der Waals surface area contributed by atoms with E-state index in [1.54, 1.807) is 45.0 Å². The lowest BCUT2D eigenvalue weighted by atomic mass is 10.1. The molecule has 0 aliphatic heterocycles. The van der Waals surface area contributed by atoms with Crippen LogP contribution in [-0.4, -0.2) is 34.5 Å². The molecule has 3 aromatic carbocycles. The monoisotopic (exact) mass is 516 g/mol. The zero-order chi connectivity index (χ0) is 27.0. The van der Waals surface area contributed by atoms with Gasteiger partial charge in [-0.15, -0.1) is 0 Å². The van der Waals surface area contributed by atoms with Crippen LogP contribution in [0.4, 0.5) is 0 Å². The van der Waals surface area contributed by atoms with Gasteiger partial charge in [0, 0.05) is 17.1 Å². The van der Waals surface area contributed by atoms with Crippen LogP contribution in [0.25, 0.3) is 5.53 Å². The van der Waals surface area contributed by atoms with E-state index in [1.807, 2.05) is 30.3 Å². The van der Waals surface area contributed by atoms with E-state index in [4.69, 9.17) is 21.1 Å². The number of nitriles is 1. The van der Waals surface area contributed by atoms with Gasteiger partial charge < -0.3 is 20.3 Å². The highest BCUT2D eigenvalue weighted by atomic mass is 35.5. The molecule has 3 aromatic rings. The number of amides is 1. The topological polar surface area (TPSA) is 125 Å². The van der Waals surface area contributed by atoms with Crippen LogP contribution in [0.15, 0.2) is 66.7 Å². The minimum absolute atomic E-state index is 0.117. The van der Waals surface area contributed by atoms with Gasteiger partial charge >= 0.3 is 11.7 Å². The number of ether oxygens (including phenoxy) is 2. The molecular weight excluding hydrogens is 492 g/mol. The summed E-state index contributed by atoms with van der Waals surface area (Å²) in [5.74, 6) is -0.409. The number of nitrogens with zero attached hydrogens (tertiary/aromatic N) is 3. The minimum Gasteiger partial charge on any atom is -0.456 e. The first kappa shape index (κ1) is 27.2. The number of hydrogen-bond donors (Lipinski definition) is 1. The Hall–Kier alpha value is -4.44. The Labute approximate surface area is 220 Å². The molecule has 0 atom stereocenters. The molecule has 0 spiro atoms. The molecule has 3 rings (SSSR count). The van der Waals surface area contributed by atoms with Gasteiger partial charge in [0.15, 0.2) is 0 Å². The van der Waals surface area contributed by atoms with E-state index in [2.05, 4.69) is 10.1 Å². The molecule has 0 aliphatic carbocycles. The molecule has 37 heavy (non-hydrogen) atoms. The summed E-state index contributed by atoms with van der Waals surface area (Å²) in [5.41, 5.74) is 10.1. The summed E-state index contributed by atoms with van der Waals surface area (Å²) in [6, 6.07) is 20.3. The first-order valence-electron chi connectivity index (χ1n) is 11.4. The van der Waals surface area contributed by atoms with Crippen LogP contribution in [0.5, 0.6) is 11.5 Å². The van der Waals surface area contributed by atoms with Crippen molar-refractivity contribution in [2.45, 2.75) is 32.8 Å². The summed E-state index contributed by atoms with van der Waals surface area (Å²) < 4.78 is 11.1. The minimum atomic E-state index is -0.824. The van der Waals surface area contributed by atoms with Crippen LogP contribution in [0.1, 0.15) is 47.8 Å². The van der Waals surface area contributed by atoms with Crippen molar-refractivity contribution in [3.8, 4) is 17.6 Å². The maximum Gasteiger partial charge on any atom is 0.422 e. The van der Waals surface area contributed by atoms with E-state index in [0.29, 0.717) is 29.3 Å². The largest absolute Gasteiger partial charge is 0.456 e. The number of hydrogen-bond acceptors (Lipinski definition) is 5. The molecule has 0 saturated carbocycles. The third-order valence-corrected chi connectivity index (χ3v) is 5.27. The number of halogens is 1. The second kappa shape index (κ2) is 12.0. The number of benzene rings is 3. The lowest BCUT2D eigenvalue weighted by molar-refractivity contribution is -0.150. The Kier molecular flexibility index (Phi) is 8.81. The molecular formula is C28H25ClN4O4. The van der Waals surface area contributed by atoms with Gasteiger partial charge in [0.05, 0.1) is 11.1 Å². The van der Waals surface area contributed by atoms with Gasteiger partial charge in [-0.2, -0.15) is 10.1 Å². The third kappa shape index (κ3) is 7.77. The molecule has 0 fully saturated rings. The van der Waals surface area contributed by atoms with E-state index < -0.39 is 11.6 Å². The zero-order valence-corrected chi connectivity index (χ0v) is 21.4. The van der Waals surface area contributed by atoms with Crippen molar-refractivity contribution in [3.63, 3.8) is 0 Å². The number of carbonyl (C=O) groups is 2. The van der Waals surface area contributed by atoms with E-state index >= 15 is 0 Å². The maximum atomic E-state index is 12.4. The summed E-state index contributed by atoms with van der Waals surface area (Å²) >= 11 is 5.89. The summed E-state index contributed by atoms with van der Waals surface area (Å²) in [7, 11) is 0. The number of nitrogens with one attached hydrogen (secondary N) is 1. The summed E-state index contributed by atoms with van der Waals surface area (Å²) in [4.78, 5) is 27.8. The summed E-state index contributed by atoms with van der Waals surface area (Å²) in [6.45, 7) is 5.54. The van der Waals surface area contributed by atoms with E-state index in [1.165, 1.54) is 18.2 Å². The molecule has 0 aliphatic rings. The Bertz CT molecular complexity index is 1380. The average molecular weight is 517 g/mol. The number of carbonyl (C=O) groups excluding carboxylic acids is 2. The molecule has 0 heterocycles. The highest BCUT2D eigenvalue weighted by Crippen LogP contribution is 2.27. The Morgan fingerprint density at radius 1 is 1.03 bits per heavy atom. The van der Waals surface area contributed by atoms with Crippen LogP contribution in [0.3, 0.4) is 0 Å². The van der Waals surface area contributed by atoms with Gasteiger partial charge in [-0.25, -0.2) is 4.79 Å². The van der Waals surface area contributed by atoms with E-state index in [0.717, 1.165) is 5.56 Å². The molecule has 1 amide bonds. The van der Waals surface area contributed by atoms with E-state index in [-0.39, 0.29) is 28.5 Å². The molecule has 0 saturated heterocycles. The Morgan fingerprint density at radius 3 is 2.27 bits per heavy atom. The number of rotatable bonds is 8. The fourth-order valence-electron chi connectivity index (χ4n) is 3.27. The molecule has 0 unspecified atom stereocenters. The van der Waals surface area contributed by atoms with Crippen LogP contribution in [0, 0.1) is 11.3 Å². The first-order chi connectivity index (χ1) is 17.6. The second-order valence-corrected chi connectivity index (χ2v) is 9.47. The molecule has 9 heteroatoms. The van der Waals surface area contributed by atoms with Gasteiger partial charge in [-0.3, -0.25) is 4.79 Å². The van der Waals surface area contributed by atoms with Gasteiger partial charge in [-0.1, -0.05) is 23.7 Å². The summed E-state index contributed by atoms with van der Waals surface area (Å²) in [5, 5.41) is 13.1. The van der Waals surface area contributed by atoms with Crippen LogP contribution in [-0.2, 0) is 16.0 Å². The fraction of sp³-hybridized carbons (Fsp3) is 0.214. The Balaban J connectivity index is 1.65. The predicted octanol–water partition coefficient (Wildman–Crippen LogP) is 5.34. The number of esters is 1. The zero-order valence-electron chi connectivity index (χ0n) is 20.6. The van der Waals surface area contributed by atoms with Crippen molar-refractivity contribution >= 4 is 29.2 Å². The van der Waals surface area contributed by atoms with Crippen molar-refractivity contribution in [3.05, 3.63) is 99.5 Å². The fourth-order valence-corrected chi connectivity index (χ4v) is 3.40. The van der Waals surface area contributed by atoms with Crippen molar-refractivity contribution < 1.29 is 23.9 Å². The van der Waals surface area contributed by atoms with Crippen LogP contribution < -0.4 is 10.1 Å². The SMILES string of the molecule is CC(C)(C)OC(=O)C(=[N+]=[N-])c1ccc(Oc2ccc(C(=O)NCCc3ccc(Cl)cc3)cc2)c(C#N)c1. The van der Waals surface area contributed by atoms with Gasteiger partial charge in [0.25, 0.3) is 5.91 Å². The predicted molar refractivity (Wildman–Crippen MR) is 139 cm³/mol. The van der Waals surface area contributed by atoms with Gasteiger partial charge in [0.2, 0.25) is 0 Å². The summed E-state index contributed by atoms with van der Waals surface area (Å²) in [6.07, 6.45) is 0.674. The Morgan fingerprint density at radius 2 is 1.68 bits per heavy atom. The lowest BCUT2D eigenvalue weighted by Gasteiger charge is -2.17. The highest BCUT2D eigenvalue weighted by Gasteiger charge is 2.30. The van der Waals surface area contributed by atoms with Crippen molar-refractivity contribution in [1.82, 2.24) is 5.32 Å². The highest BCUT2D eigenvalue weighted by molar-refractivity contribution is 6.40. The molecule has 8 nitrogen and oxygen atoms in total. The second-order valence-electron chi connectivity index (χ2n) is 9.03. The van der Waals surface area contributed by atoms with Crippen molar-refractivity contribution in [2.24, 2.45) is 0 Å². The van der Waals surface area contributed by atoms with Crippen LogP contribution >= 0.6 is 11.6 Å². The molecule has 0 bridgehead atoms. The van der Waals surface area contributed by atoms with Gasteiger partial charge in [-0.05, 0) is 87.4 Å². The molecule has 0 aromatic heterocycles. The lowest BCUT2D eigenvalue weighted by Crippen LogP contribution is -2.30. The third-order valence-electron chi connectivity index (χ3n) is 5.02. The molecule has 188 valence electrons.